The van der Waals surface area contributed by atoms with Crippen molar-refractivity contribution in [3.8, 4) is 0 Å². The van der Waals surface area contributed by atoms with Crippen molar-refractivity contribution in [2.75, 3.05) is 52.9 Å². The number of amides is 2. The Labute approximate surface area is 157 Å². The first-order valence-electron chi connectivity index (χ1n) is 9.11. The van der Waals surface area contributed by atoms with Crippen LogP contribution in [0.15, 0.2) is 30.3 Å². The molecular formula is C19H24N4O2S. The van der Waals surface area contributed by atoms with Crippen LogP contribution in [0.1, 0.15) is 9.67 Å². The average Bonchev–Trinajstić information content (AvgIpc) is 3.12. The molecule has 2 saturated heterocycles. The molecule has 0 unspecified atom stereocenters. The number of nitrogens with one attached hydrogen (secondary N) is 1. The van der Waals surface area contributed by atoms with Gasteiger partial charge in [0, 0.05) is 50.5 Å². The Balaban J connectivity index is 1.54. The summed E-state index contributed by atoms with van der Waals surface area (Å²) in [6.45, 7) is 5.06. The number of hydrogen-bond acceptors (Lipinski definition) is 5. The van der Waals surface area contributed by atoms with E-state index in [9.17, 15) is 9.59 Å². The quantitative estimate of drug-likeness (QED) is 0.858. The number of thiophene rings is 1. The number of benzene rings is 1. The molecule has 0 radical (unpaired) electrons. The number of fused-ring (bicyclic) bond motifs is 1. The van der Waals surface area contributed by atoms with E-state index in [0.717, 1.165) is 42.8 Å². The number of likely N-dealkylation sites (N-methyl/N-ethyl adjacent to an activating group) is 1. The molecule has 2 aliphatic rings. The normalized spacial score (nSPS) is 22.0. The van der Waals surface area contributed by atoms with Crippen LogP contribution in [0, 0.1) is 0 Å². The van der Waals surface area contributed by atoms with Crippen molar-refractivity contribution in [3.63, 3.8) is 0 Å². The summed E-state index contributed by atoms with van der Waals surface area (Å²) in [7, 11) is 2.07. The first-order valence-corrected chi connectivity index (χ1v) is 9.93. The van der Waals surface area contributed by atoms with Gasteiger partial charge < -0.3 is 20.0 Å². The number of piperazine rings is 2. The highest BCUT2D eigenvalue weighted by Crippen LogP contribution is 2.27. The zero-order chi connectivity index (χ0) is 18.1. The minimum atomic E-state index is -0.412. The summed E-state index contributed by atoms with van der Waals surface area (Å²) in [6, 6.07) is 9.55. The van der Waals surface area contributed by atoms with Crippen LogP contribution in [0.5, 0.6) is 0 Å². The molecule has 2 aliphatic heterocycles. The van der Waals surface area contributed by atoms with Crippen LogP contribution in [-0.4, -0.2) is 85.4 Å². The molecule has 138 valence electrons. The Morgan fingerprint density at radius 1 is 1.12 bits per heavy atom. The molecule has 6 nitrogen and oxygen atoms in total. The van der Waals surface area contributed by atoms with Gasteiger partial charge in [-0.1, -0.05) is 18.2 Å². The lowest BCUT2D eigenvalue weighted by Crippen LogP contribution is -2.61. The van der Waals surface area contributed by atoms with Crippen molar-refractivity contribution in [2.24, 2.45) is 0 Å². The summed E-state index contributed by atoms with van der Waals surface area (Å²) in [5.41, 5.74) is 0. The van der Waals surface area contributed by atoms with Crippen molar-refractivity contribution in [2.45, 2.75) is 6.04 Å². The highest BCUT2D eigenvalue weighted by Gasteiger charge is 2.36. The van der Waals surface area contributed by atoms with Crippen LogP contribution in [0.4, 0.5) is 0 Å². The summed E-state index contributed by atoms with van der Waals surface area (Å²) in [6.07, 6.45) is 0. The average molecular weight is 372 g/mol. The largest absolute Gasteiger partial charge is 0.338 e. The van der Waals surface area contributed by atoms with Crippen LogP contribution < -0.4 is 5.32 Å². The number of nitrogens with zero attached hydrogens (tertiary/aromatic N) is 3. The maximum Gasteiger partial charge on any atom is 0.264 e. The van der Waals surface area contributed by atoms with E-state index in [1.54, 1.807) is 4.90 Å². The number of rotatable bonds is 2. The van der Waals surface area contributed by atoms with Gasteiger partial charge in [-0.05, 0) is 24.6 Å². The molecule has 2 aromatic rings. The SMILES string of the molecule is CN1CCN(C(=O)[C@@H]2CNCCN2C(=O)c2cc3ccccc3s2)CC1. The number of hydrogen-bond donors (Lipinski definition) is 1. The predicted molar refractivity (Wildman–Crippen MR) is 104 cm³/mol. The van der Waals surface area contributed by atoms with Gasteiger partial charge in [0.25, 0.3) is 5.91 Å². The van der Waals surface area contributed by atoms with Gasteiger partial charge >= 0.3 is 0 Å². The van der Waals surface area contributed by atoms with Crippen LogP contribution in [0.2, 0.25) is 0 Å². The smallest absolute Gasteiger partial charge is 0.264 e. The van der Waals surface area contributed by atoms with Crippen LogP contribution in [-0.2, 0) is 4.79 Å². The zero-order valence-electron chi connectivity index (χ0n) is 15.0. The lowest BCUT2D eigenvalue weighted by atomic mass is 10.1. The van der Waals surface area contributed by atoms with E-state index in [1.165, 1.54) is 11.3 Å². The summed E-state index contributed by atoms with van der Waals surface area (Å²) < 4.78 is 1.10. The van der Waals surface area contributed by atoms with Gasteiger partial charge in [0.05, 0.1) is 4.88 Å². The fraction of sp³-hybridized carbons (Fsp3) is 0.474. The second-order valence-corrected chi connectivity index (χ2v) is 8.08. The fourth-order valence-electron chi connectivity index (χ4n) is 3.63. The molecule has 0 bridgehead atoms. The fourth-order valence-corrected chi connectivity index (χ4v) is 4.65. The van der Waals surface area contributed by atoms with Crippen LogP contribution in [0.25, 0.3) is 10.1 Å². The monoisotopic (exact) mass is 372 g/mol. The summed E-state index contributed by atoms with van der Waals surface area (Å²) in [5.74, 6) is 0.0416. The predicted octanol–water partition coefficient (Wildman–Crippen LogP) is 1.09. The first-order chi connectivity index (χ1) is 12.6. The third-order valence-corrected chi connectivity index (χ3v) is 6.34. The molecule has 1 aromatic heterocycles. The van der Waals surface area contributed by atoms with E-state index in [2.05, 4.69) is 17.3 Å². The Morgan fingerprint density at radius 2 is 1.88 bits per heavy atom. The molecule has 2 amide bonds. The number of carbonyl (C=O) groups is 2. The molecule has 0 saturated carbocycles. The van der Waals surface area contributed by atoms with Gasteiger partial charge in [-0.15, -0.1) is 11.3 Å². The standard InChI is InChI=1S/C19H24N4O2S/c1-21-8-10-22(11-9-21)18(24)15-13-20-6-7-23(15)19(25)17-12-14-4-2-3-5-16(14)26-17/h2-5,12,15,20H,6-11,13H2,1H3/t15-/m0/s1. The Morgan fingerprint density at radius 3 is 2.65 bits per heavy atom. The molecule has 1 atom stereocenters. The van der Waals surface area contributed by atoms with Gasteiger partial charge in [-0.25, -0.2) is 0 Å². The van der Waals surface area contributed by atoms with E-state index in [-0.39, 0.29) is 11.8 Å². The highest BCUT2D eigenvalue weighted by molar-refractivity contribution is 7.20. The van der Waals surface area contributed by atoms with E-state index in [1.807, 2.05) is 35.2 Å². The lowest BCUT2D eigenvalue weighted by molar-refractivity contribution is -0.138. The minimum absolute atomic E-state index is 0.0276. The minimum Gasteiger partial charge on any atom is -0.338 e. The third-order valence-electron chi connectivity index (χ3n) is 5.24. The van der Waals surface area contributed by atoms with Crippen molar-refractivity contribution in [3.05, 3.63) is 35.2 Å². The van der Waals surface area contributed by atoms with Gasteiger partial charge in [0.2, 0.25) is 5.91 Å². The summed E-state index contributed by atoms with van der Waals surface area (Å²) in [4.78, 5) is 32.8. The molecule has 3 heterocycles. The van der Waals surface area contributed by atoms with Gasteiger partial charge in [-0.3, -0.25) is 9.59 Å². The molecule has 7 heteroatoms. The van der Waals surface area contributed by atoms with Crippen molar-refractivity contribution in [1.82, 2.24) is 20.0 Å². The van der Waals surface area contributed by atoms with Crippen molar-refractivity contribution < 1.29 is 9.59 Å². The van der Waals surface area contributed by atoms with E-state index in [0.29, 0.717) is 18.0 Å². The van der Waals surface area contributed by atoms with Gasteiger partial charge in [0.15, 0.2) is 0 Å². The molecule has 0 aliphatic carbocycles. The Bertz CT molecular complexity index is 780. The van der Waals surface area contributed by atoms with E-state index >= 15 is 0 Å². The molecular weight excluding hydrogens is 348 g/mol. The maximum atomic E-state index is 13.1. The van der Waals surface area contributed by atoms with Crippen molar-refractivity contribution >= 4 is 33.2 Å². The zero-order valence-corrected chi connectivity index (χ0v) is 15.8. The van der Waals surface area contributed by atoms with E-state index < -0.39 is 6.04 Å². The van der Waals surface area contributed by atoms with E-state index in [4.69, 9.17) is 0 Å². The first kappa shape index (κ1) is 17.5. The molecule has 1 N–H and O–H groups in total. The van der Waals surface area contributed by atoms with Crippen molar-refractivity contribution in [1.29, 1.82) is 0 Å². The summed E-state index contributed by atoms with van der Waals surface area (Å²) >= 11 is 1.51. The van der Waals surface area contributed by atoms with Crippen LogP contribution in [0.3, 0.4) is 0 Å². The second kappa shape index (κ2) is 7.34. The topological polar surface area (TPSA) is 55.9 Å². The molecule has 0 spiro atoms. The molecule has 1 aromatic carbocycles. The van der Waals surface area contributed by atoms with Crippen LogP contribution >= 0.6 is 11.3 Å². The highest BCUT2D eigenvalue weighted by atomic mass is 32.1. The van der Waals surface area contributed by atoms with Gasteiger partial charge in [0.1, 0.15) is 6.04 Å². The lowest BCUT2D eigenvalue weighted by Gasteiger charge is -2.40. The molecule has 2 fully saturated rings. The maximum absolute atomic E-state index is 13.1. The molecule has 4 rings (SSSR count). The Kier molecular flexibility index (Phi) is 4.93. The molecule has 26 heavy (non-hydrogen) atoms. The van der Waals surface area contributed by atoms with Gasteiger partial charge in [-0.2, -0.15) is 0 Å². The third kappa shape index (κ3) is 3.34. The number of carbonyl (C=O) groups excluding carboxylic acids is 2. The second-order valence-electron chi connectivity index (χ2n) is 7.00. The Hall–Kier alpha value is -1.96. The summed E-state index contributed by atoms with van der Waals surface area (Å²) in [5, 5.41) is 4.36.